The number of allylic oxidation sites excluding steroid dienone is 4. The average Bonchev–Trinajstić information content (AvgIpc) is 2.93. The van der Waals surface area contributed by atoms with E-state index in [1.54, 1.807) is 11.1 Å². The predicted octanol–water partition coefficient (Wildman–Crippen LogP) is 11.3. The van der Waals surface area contributed by atoms with Crippen LogP contribution in [-0.4, -0.2) is 23.4 Å². The number of hydrogen-bond acceptors (Lipinski definition) is 2. The van der Waals surface area contributed by atoms with E-state index < -0.39 is 0 Å². The molecule has 0 aromatic rings. The smallest absolute Gasteiger partial charge is 0.0431 e. The Morgan fingerprint density at radius 2 is 0.737 bits per heavy atom. The molecule has 0 saturated carbocycles. The summed E-state index contributed by atoms with van der Waals surface area (Å²) < 4.78 is 0. The first-order valence-corrected chi connectivity index (χ1v) is 17.4. The van der Waals surface area contributed by atoms with Crippen LogP contribution in [0.1, 0.15) is 181 Å². The summed E-state index contributed by atoms with van der Waals surface area (Å²) in [5.41, 5.74) is 3.56. The Kier molecular flexibility index (Phi) is 24.8. The highest BCUT2D eigenvalue weighted by Crippen LogP contribution is 2.42. The fraction of sp³-hybridized carbons (Fsp3) is 0.889. The Morgan fingerprint density at radius 3 is 1.13 bits per heavy atom. The number of aliphatic hydroxyl groups excluding tert-OH is 2. The van der Waals surface area contributed by atoms with E-state index in [0.717, 1.165) is 24.7 Å². The van der Waals surface area contributed by atoms with Crippen molar-refractivity contribution in [1.82, 2.24) is 0 Å². The molecule has 2 heteroatoms. The van der Waals surface area contributed by atoms with Crippen LogP contribution in [0.3, 0.4) is 0 Å². The van der Waals surface area contributed by atoms with E-state index in [1.807, 2.05) is 0 Å². The molecule has 1 aliphatic rings. The fourth-order valence-electron chi connectivity index (χ4n) is 6.52. The van der Waals surface area contributed by atoms with Crippen LogP contribution < -0.4 is 0 Å². The van der Waals surface area contributed by atoms with Gasteiger partial charge in [0.25, 0.3) is 0 Å². The lowest BCUT2D eigenvalue weighted by Gasteiger charge is -2.35. The first-order valence-electron chi connectivity index (χ1n) is 17.4. The van der Waals surface area contributed by atoms with Gasteiger partial charge in [-0.15, -0.1) is 0 Å². The summed E-state index contributed by atoms with van der Waals surface area (Å²) in [6.45, 7) is 5.34. The van der Waals surface area contributed by atoms with Crippen LogP contribution in [-0.2, 0) is 0 Å². The molecule has 0 fully saturated rings. The van der Waals surface area contributed by atoms with Gasteiger partial charge >= 0.3 is 0 Å². The second-order valence-electron chi connectivity index (χ2n) is 12.3. The third kappa shape index (κ3) is 17.9. The van der Waals surface area contributed by atoms with Crippen LogP contribution in [0.5, 0.6) is 0 Å². The Bertz CT molecular complexity index is 564. The van der Waals surface area contributed by atoms with Gasteiger partial charge < -0.3 is 10.2 Å². The van der Waals surface area contributed by atoms with Crippen LogP contribution in [0.25, 0.3) is 0 Å². The SMILES string of the molecule is CCCCCCCCC1C(CCCCCC)=CC=C(CCCCCCCCO)C1CCCCCCCCO. The summed E-state index contributed by atoms with van der Waals surface area (Å²) >= 11 is 0. The Morgan fingerprint density at radius 1 is 0.421 bits per heavy atom. The summed E-state index contributed by atoms with van der Waals surface area (Å²) in [5, 5.41) is 18.1. The molecule has 1 rings (SSSR count). The molecule has 0 radical (unpaired) electrons. The highest BCUT2D eigenvalue weighted by molar-refractivity contribution is 5.29. The Labute approximate surface area is 239 Å². The lowest BCUT2D eigenvalue weighted by molar-refractivity contribution is 0.281. The van der Waals surface area contributed by atoms with Crippen molar-refractivity contribution in [2.24, 2.45) is 11.8 Å². The molecule has 0 spiro atoms. The Hall–Kier alpha value is -0.600. The first kappa shape index (κ1) is 35.4. The summed E-state index contributed by atoms with van der Waals surface area (Å²) in [7, 11) is 0. The quantitative estimate of drug-likeness (QED) is 0.0983. The van der Waals surface area contributed by atoms with Crippen LogP contribution in [0.4, 0.5) is 0 Å². The number of rotatable bonds is 28. The minimum absolute atomic E-state index is 0.350. The van der Waals surface area contributed by atoms with E-state index in [-0.39, 0.29) is 0 Å². The molecule has 0 aromatic carbocycles. The molecule has 38 heavy (non-hydrogen) atoms. The van der Waals surface area contributed by atoms with Gasteiger partial charge in [-0.25, -0.2) is 0 Å². The van der Waals surface area contributed by atoms with Crippen molar-refractivity contribution in [3.63, 3.8) is 0 Å². The second-order valence-corrected chi connectivity index (χ2v) is 12.3. The van der Waals surface area contributed by atoms with Gasteiger partial charge in [0, 0.05) is 13.2 Å². The van der Waals surface area contributed by atoms with Crippen molar-refractivity contribution in [3.8, 4) is 0 Å². The van der Waals surface area contributed by atoms with Gasteiger partial charge in [0.05, 0.1) is 0 Å². The zero-order valence-corrected chi connectivity index (χ0v) is 26.0. The largest absolute Gasteiger partial charge is 0.396 e. The molecule has 224 valence electrons. The topological polar surface area (TPSA) is 40.5 Å². The monoisotopic (exact) mass is 533 g/mol. The summed E-state index contributed by atoms with van der Waals surface area (Å²) in [6, 6.07) is 0. The van der Waals surface area contributed by atoms with E-state index in [1.165, 1.54) is 154 Å². The van der Waals surface area contributed by atoms with Crippen molar-refractivity contribution in [2.75, 3.05) is 13.2 Å². The van der Waals surface area contributed by atoms with Crippen molar-refractivity contribution < 1.29 is 10.2 Å². The highest BCUT2D eigenvalue weighted by atomic mass is 16.3. The standard InChI is InChI=1S/C36H68O2/c1-3-5-7-9-15-21-27-35-33(25-19-8-6-4-2)29-30-34(26-20-14-10-12-17-23-31-37)36(35)28-22-16-11-13-18-24-32-38/h29-30,35-38H,3-28,31-32H2,1-2H3. The summed E-state index contributed by atoms with van der Waals surface area (Å²) in [4.78, 5) is 0. The molecule has 0 bridgehead atoms. The molecule has 2 nitrogen and oxygen atoms in total. The molecule has 2 atom stereocenters. The molecule has 0 aromatic heterocycles. The molecule has 2 N–H and O–H groups in total. The molecule has 0 heterocycles. The minimum atomic E-state index is 0.350. The fourth-order valence-corrected chi connectivity index (χ4v) is 6.52. The Balaban J connectivity index is 2.76. The van der Waals surface area contributed by atoms with Crippen molar-refractivity contribution >= 4 is 0 Å². The van der Waals surface area contributed by atoms with Gasteiger partial charge in [0.1, 0.15) is 0 Å². The van der Waals surface area contributed by atoms with Gasteiger partial charge in [-0.05, 0) is 63.2 Å². The third-order valence-corrected chi connectivity index (χ3v) is 8.93. The minimum Gasteiger partial charge on any atom is -0.396 e. The average molecular weight is 533 g/mol. The van der Waals surface area contributed by atoms with Gasteiger partial charge in [-0.2, -0.15) is 0 Å². The summed E-state index contributed by atoms with van der Waals surface area (Å²) in [5.74, 6) is 1.57. The van der Waals surface area contributed by atoms with Gasteiger partial charge in [0.2, 0.25) is 0 Å². The maximum atomic E-state index is 9.07. The maximum absolute atomic E-state index is 9.07. The predicted molar refractivity (Wildman–Crippen MR) is 169 cm³/mol. The number of aliphatic hydroxyl groups is 2. The second kappa shape index (κ2) is 26.6. The maximum Gasteiger partial charge on any atom is 0.0431 e. The van der Waals surface area contributed by atoms with Crippen LogP contribution >= 0.6 is 0 Å². The zero-order valence-electron chi connectivity index (χ0n) is 26.0. The van der Waals surface area contributed by atoms with Crippen molar-refractivity contribution in [3.05, 3.63) is 23.3 Å². The lowest BCUT2D eigenvalue weighted by atomic mass is 9.70. The van der Waals surface area contributed by atoms with Crippen LogP contribution in [0, 0.1) is 11.8 Å². The lowest BCUT2D eigenvalue weighted by Crippen LogP contribution is -2.23. The molecule has 0 saturated heterocycles. The van der Waals surface area contributed by atoms with Crippen molar-refractivity contribution in [1.29, 1.82) is 0 Å². The van der Waals surface area contributed by atoms with E-state index in [9.17, 15) is 0 Å². The first-order chi connectivity index (χ1) is 18.8. The highest BCUT2D eigenvalue weighted by Gasteiger charge is 2.29. The molecular formula is C36H68O2. The summed E-state index contributed by atoms with van der Waals surface area (Å²) in [6.07, 6.45) is 39.4. The number of hydrogen-bond donors (Lipinski definition) is 2. The van der Waals surface area contributed by atoms with Crippen LogP contribution in [0.15, 0.2) is 23.3 Å². The van der Waals surface area contributed by atoms with Gasteiger partial charge in [0.15, 0.2) is 0 Å². The third-order valence-electron chi connectivity index (χ3n) is 8.93. The molecule has 0 amide bonds. The normalized spacial score (nSPS) is 17.6. The van der Waals surface area contributed by atoms with Crippen LogP contribution in [0.2, 0.25) is 0 Å². The van der Waals surface area contributed by atoms with E-state index in [0.29, 0.717) is 13.2 Å². The molecule has 2 unspecified atom stereocenters. The van der Waals surface area contributed by atoms with E-state index >= 15 is 0 Å². The van der Waals surface area contributed by atoms with Gasteiger partial charge in [-0.1, -0.05) is 153 Å². The van der Waals surface area contributed by atoms with Crippen molar-refractivity contribution in [2.45, 2.75) is 181 Å². The molecule has 1 aliphatic carbocycles. The number of unbranched alkanes of at least 4 members (excludes halogenated alkanes) is 18. The van der Waals surface area contributed by atoms with E-state index in [4.69, 9.17) is 10.2 Å². The van der Waals surface area contributed by atoms with E-state index in [2.05, 4.69) is 26.0 Å². The zero-order chi connectivity index (χ0) is 27.5. The van der Waals surface area contributed by atoms with Gasteiger partial charge in [-0.3, -0.25) is 0 Å². The molecule has 0 aliphatic heterocycles. The molecular weight excluding hydrogens is 464 g/mol.